The van der Waals surface area contributed by atoms with Gasteiger partial charge in [-0.05, 0) is 40.6 Å². The topological polar surface area (TPSA) is 45.8 Å². The lowest BCUT2D eigenvalue weighted by Gasteiger charge is -2.06. The Balaban J connectivity index is 2.39. The van der Waals surface area contributed by atoms with E-state index in [0.717, 1.165) is 17.7 Å². The highest BCUT2D eigenvalue weighted by molar-refractivity contribution is 14.1. The molecule has 0 aliphatic carbocycles. The zero-order valence-corrected chi connectivity index (χ0v) is 12.7. The van der Waals surface area contributed by atoms with Crippen LogP contribution in [-0.2, 0) is 12.8 Å². The quantitative estimate of drug-likeness (QED) is 0.839. The van der Waals surface area contributed by atoms with E-state index in [4.69, 9.17) is 11.6 Å². The molecule has 0 spiro atoms. The molecule has 0 bridgehead atoms. The van der Waals surface area contributed by atoms with Crippen molar-refractivity contribution in [2.24, 2.45) is 0 Å². The highest BCUT2D eigenvalue weighted by atomic mass is 127. The Morgan fingerprint density at radius 1 is 1.39 bits per heavy atom. The number of hydrogen-bond acceptors (Lipinski definition) is 2. The summed E-state index contributed by atoms with van der Waals surface area (Å²) in [6.45, 7) is 1.99. The summed E-state index contributed by atoms with van der Waals surface area (Å²) < 4.78 is 0.665. The lowest BCUT2D eigenvalue weighted by atomic mass is 10.1. The molecule has 3 nitrogen and oxygen atoms in total. The van der Waals surface area contributed by atoms with E-state index < -0.39 is 0 Å². The van der Waals surface area contributed by atoms with Crippen molar-refractivity contribution in [2.45, 2.75) is 19.8 Å². The average molecular weight is 375 g/mol. The summed E-state index contributed by atoms with van der Waals surface area (Å²) in [6, 6.07) is 7.58. The number of halogens is 2. The predicted octanol–water partition coefficient (Wildman–Crippen LogP) is 3.18. The molecular formula is C13H12ClIN2O. The predicted molar refractivity (Wildman–Crippen MR) is 81.2 cm³/mol. The number of aromatic amines is 1. The molecule has 5 heteroatoms. The van der Waals surface area contributed by atoms with Crippen LogP contribution in [-0.4, -0.2) is 9.97 Å². The van der Waals surface area contributed by atoms with Crippen molar-refractivity contribution in [1.82, 2.24) is 9.97 Å². The van der Waals surface area contributed by atoms with E-state index in [-0.39, 0.29) is 5.56 Å². The first-order chi connectivity index (χ1) is 8.61. The van der Waals surface area contributed by atoms with Crippen LogP contribution in [0.1, 0.15) is 24.0 Å². The Kier molecular flexibility index (Phi) is 4.40. The molecule has 0 radical (unpaired) electrons. The van der Waals surface area contributed by atoms with Crippen LogP contribution in [0.15, 0.2) is 29.1 Å². The van der Waals surface area contributed by atoms with Gasteiger partial charge in [-0.25, -0.2) is 4.98 Å². The lowest BCUT2D eigenvalue weighted by Crippen LogP contribution is -2.18. The van der Waals surface area contributed by atoms with Gasteiger partial charge in [-0.2, -0.15) is 0 Å². The number of benzene rings is 1. The van der Waals surface area contributed by atoms with Gasteiger partial charge >= 0.3 is 0 Å². The second-order valence-corrected chi connectivity index (χ2v) is 5.38. The number of aromatic nitrogens is 2. The van der Waals surface area contributed by atoms with Crippen molar-refractivity contribution in [3.8, 4) is 0 Å². The molecule has 1 aromatic carbocycles. The van der Waals surface area contributed by atoms with E-state index in [1.54, 1.807) is 0 Å². The first-order valence-electron chi connectivity index (χ1n) is 5.62. The van der Waals surface area contributed by atoms with Gasteiger partial charge in [-0.1, -0.05) is 36.7 Å². The van der Waals surface area contributed by atoms with Crippen molar-refractivity contribution in [3.05, 3.63) is 60.3 Å². The Morgan fingerprint density at radius 2 is 2.11 bits per heavy atom. The molecule has 0 atom stereocenters. The molecule has 0 fully saturated rings. The van der Waals surface area contributed by atoms with E-state index in [1.165, 1.54) is 0 Å². The summed E-state index contributed by atoms with van der Waals surface area (Å²) in [6.07, 6.45) is 1.29. The van der Waals surface area contributed by atoms with Crippen molar-refractivity contribution >= 4 is 34.2 Å². The van der Waals surface area contributed by atoms with Crippen LogP contribution in [0.2, 0.25) is 5.02 Å². The maximum absolute atomic E-state index is 11.8. The zero-order chi connectivity index (χ0) is 13.1. The summed E-state index contributed by atoms with van der Waals surface area (Å²) in [7, 11) is 0. The third kappa shape index (κ3) is 2.92. The van der Waals surface area contributed by atoms with Crippen LogP contribution < -0.4 is 5.56 Å². The highest BCUT2D eigenvalue weighted by Crippen LogP contribution is 2.17. The van der Waals surface area contributed by atoms with Crippen molar-refractivity contribution < 1.29 is 0 Å². The monoisotopic (exact) mass is 374 g/mol. The molecule has 0 saturated carbocycles. The van der Waals surface area contributed by atoms with Crippen molar-refractivity contribution in [3.63, 3.8) is 0 Å². The van der Waals surface area contributed by atoms with Crippen LogP contribution >= 0.6 is 34.2 Å². The molecule has 1 N–H and O–H groups in total. The molecule has 1 heterocycles. The minimum Gasteiger partial charge on any atom is -0.309 e. The van der Waals surface area contributed by atoms with E-state index in [9.17, 15) is 4.79 Å². The number of nitrogens with one attached hydrogen (secondary N) is 1. The summed E-state index contributed by atoms with van der Waals surface area (Å²) in [5, 5.41) is 0.691. The molecule has 2 aromatic rings. The number of H-pyrrole nitrogens is 1. The average Bonchev–Trinajstić information content (AvgIpc) is 2.36. The molecule has 0 amide bonds. The van der Waals surface area contributed by atoms with Gasteiger partial charge in [0.15, 0.2) is 0 Å². The van der Waals surface area contributed by atoms with Crippen LogP contribution in [0.5, 0.6) is 0 Å². The number of nitrogens with zero attached hydrogens (tertiary/aromatic N) is 1. The van der Waals surface area contributed by atoms with Gasteiger partial charge in [-0.3, -0.25) is 4.79 Å². The standard InChI is InChI=1S/C13H12ClIN2O/c1-2-10-12(15)13(18)17-11(16-10)7-8-5-3-4-6-9(8)14/h3-6H,2,7H2,1H3,(H,16,17,18). The van der Waals surface area contributed by atoms with Gasteiger partial charge < -0.3 is 4.98 Å². The van der Waals surface area contributed by atoms with E-state index in [2.05, 4.69) is 9.97 Å². The van der Waals surface area contributed by atoms with Crippen molar-refractivity contribution in [1.29, 1.82) is 0 Å². The third-order valence-corrected chi connectivity index (χ3v) is 4.11. The lowest BCUT2D eigenvalue weighted by molar-refractivity contribution is 0.876. The normalized spacial score (nSPS) is 10.6. The fraction of sp³-hybridized carbons (Fsp3) is 0.231. The van der Waals surface area contributed by atoms with E-state index in [1.807, 2.05) is 53.8 Å². The third-order valence-electron chi connectivity index (χ3n) is 2.63. The fourth-order valence-corrected chi connectivity index (χ4v) is 2.54. The smallest absolute Gasteiger partial charge is 0.264 e. The summed E-state index contributed by atoms with van der Waals surface area (Å²) in [5.74, 6) is 0.658. The molecule has 0 aliphatic heterocycles. The number of aryl methyl sites for hydroxylation is 1. The van der Waals surface area contributed by atoms with Gasteiger partial charge in [0.2, 0.25) is 0 Å². The molecule has 0 saturated heterocycles. The first-order valence-corrected chi connectivity index (χ1v) is 7.08. The van der Waals surface area contributed by atoms with Crippen LogP contribution in [0.4, 0.5) is 0 Å². The molecule has 0 unspecified atom stereocenters. The number of hydrogen-bond donors (Lipinski definition) is 1. The maximum atomic E-state index is 11.8. The molecule has 2 rings (SSSR count). The second kappa shape index (κ2) is 5.84. The molecule has 0 aliphatic rings. The summed E-state index contributed by atoms with van der Waals surface area (Å²) >= 11 is 8.12. The second-order valence-electron chi connectivity index (χ2n) is 3.90. The van der Waals surface area contributed by atoms with Crippen LogP contribution in [0, 0.1) is 3.57 Å². The van der Waals surface area contributed by atoms with E-state index >= 15 is 0 Å². The van der Waals surface area contributed by atoms with Gasteiger partial charge in [0.25, 0.3) is 5.56 Å². The number of rotatable bonds is 3. The molecule has 94 valence electrons. The summed E-state index contributed by atoms with van der Waals surface area (Å²) in [4.78, 5) is 19.0. The zero-order valence-electron chi connectivity index (χ0n) is 9.84. The van der Waals surface area contributed by atoms with Gasteiger partial charge in [0.05, 0.1) is 9.26 Å². The van der Waals surface area contributed by atoms with Crippen LogP contribution in [0.25, 0.3) is 0 Å². The van der Waals surface area contributed by atoms with Gasteiger partial charge in [0.1, 0.15) is 5.82 Å². The molecular weight excluding hydrogens is 363 g/mol. The largest absolute Gasteiger partial charge is 0.309 e. The molecule has 18 heavy (non-hydrogen) atoms. The highest BCUT2D eigenvalue weighted by Gasteiger charge is 2.09. The Hall–Kier alpha value is -0.880. The van der Waals surface area contributed by atoms with Gasteiger partial charge in [-0.15, -0.1) is 0 Å². The SMILES string of the molecule is CCc1nc(Cc2ccccc2Cl)[nH]c(=O)c1I. The Morgan fingerprint density at radius 3 is 2.78 bits per heavy atom. The van der Waals surface area contributed by atoms with Crippen LogP contribution in [0.3, 0.4) is 0 Å². The molecule has 1 aromatic heterocycles. The minimum atomic E-state index is -0.0792. The maximum Gasteiger partial charge on any atom is 0.264 e. The first kappa shape index (κ1) is 13.5. The summed E-state index contributed by atoms with van der Waals surface area (Å²) in [5.41, 5.74) is 1.72. The Bertz CT molecular complexity index is 625. The van der Waals surface area contributed by atoms with E-state index in [0.29, 0.717) is 20.8 Å². The van der Waals surface area contributed by atoms with Gasteiger partial charge in [0, 0.05) is 11.4 Å². The fourth-order valence-electron chi connectivity index (χ4n) is 1.70. The minimum absolute atomic E-state index is 0.0792. The Labute approximate surface area is 124 Å². The van der Waals surface area contributed by atoms with Crippen molar-refractivity contribution in [2.75, 3.05) is 0 Å².